The largest absolute Gasteiger partial charge is 0.497 e. The van der Waals surface area contributed by atoms with Crippen LogP contribution in [0, 0.1) is 19.3 Å². The molecule has 2 aromatic rings. The van der Waals surface area contributed by atoms with Crippen LogP contribution >= 0.6 is 11.3 Å². The van der Waals surface area contributed by atoms with Crippen molar-refractivity contribution in [2.24, 2.45) is 5.41 Å². The Morgan fingerprint density at radius 2 is 1.70 bits per heavy atom. The molecule has 1 saturated carbocycles. The van der Waals surface area contributed by atoms with Gasteiger partial charge in [0.1, 0.15) is 12.4 Å². The minimum atomic E-state index is -3.71. The molecule has 1 aliphatic carbocycles. The van der Waals surface area contributed by atoms with Gasteiger partial charge in [-0.2, -0.15) is 4.31 Å². The highest BCUT2D eigenvalue weighted by Gasteiger charge is 2.47. The Kier molecular flexibility index (Phi) is 9.93. The minimum absolute atomic E-state index is 0.0000966. The number of amides is 1. The van der Waals surface area contributed by atoms with Crippen LogP contribution in [0.1, 0.15) is 73.8 Å². The van der Waals surface area contributed by atoms with Gasteiger partial charge in [0.15, 0.2) is 0 Å². The van der Waals surface area contributed by atoms with E-state index < -0.39 is 10.0 Å². The lowest BCUT2D eigenvalue weighted by atomic mass is 9.62. The summed E-state index contributed by atoms with van der Waals surface area (Å²) in [6.07, 6.45) is 9.30. The number of methoxy groups -OCH3 is 1. The molecule has 8 nitrogen and oxygen atoms in total. The average molecular weight is 632 g/mol. The summed E-state index contributed by atoms with van der Waals surface area (Å²) in [4.78, 5) is 19.3. The maximum atomic E-state index is 13.8. The lowest BCUT2D eigenvalue weighted by Crippen LogP contribution is -2.50. The molecule has 1 atom stereocenters. The van der Waals surface area contributed by atoms with E-state index in [4.69, 9.17) is 9.47 Å². The Morgan fingerprint density at radius 1 is 1.02 bits per heavy atom. The van der Waals surface area contributed by atoms with E-state index in [1.54, 1.807) is 23.5 Å². The predicted octanol–water partition coefficient (Wildman–Crippen LogP) is 5.57. The second kappa shape index (κ2) is 13.2. The van der Waals surface area contributed by atoms with E-state index in [2.05, 4.69) is 36.5 Å². The molecule has 3 aliphatic rings. The summed E-state index contributed by atoms with van der Waals surface area (Å²) in [5.74, 6) is 0.664. The number of aryl methyl sites for hydroxylation is 2. The molecule has 10 heteroatoms. The number of ether oxygens (including phenoxy) is 2. The number of rotatable bonds is 9. The van der Waals surface area contributed by atoms with Gasteiger partial charge in [0.05, 0.1) is 24.2 Å². The molecule has 0 bridgehead atoms. The van der Waals surface area contributed by atoms with Gasteiger partial charge in [0.2, 0.25) is 15.9 Å². The van der Waals surface area contributed by atoms with Gasteiger partial charge in [0, 0.05) is 30.6 Å². The third-order valence-corrected chi connectivity index (χ3v) is 13.8. The number of likely N-dealkylation sites (tertiary alicyclic amines) is 1. The topological polar surface area (TPSA) is 79.4 Å². The molecule has 1 unspecified atom stereocenters. The number of carbonyl (C=O) groups excluding carboxylic acids is 1. The van der Waals surface area contributed by atoms with Gasteiger partial charge >= 0.3 is 0 Å². The average Bonchev–Trinajstić information content (AvgIpc) is 3.53. The first kappa shape index (κ1) is 32.4. The van der Waals surface area contributed by atoms with Gasteiger partial charge in [-0.1, -0.05) is 12.5 Å². The summed E-state index contributed by atoms with van der Waals surface area (Å²) < 4.78 is 40.5. The standard InChI is InChI=1S/C33H49N3O5S2/c1-25-21-28(40-5)22-26(2)31(25)43(38,39)36-17-7-6-9-27(36)23-41-24-30(37)35-18-15-32(16-19-35)11-13-33(14-12-32,34(3)4)29-10-8-20-42-29/h8,10,20-22,27H,6-7,9,11-19,23-24H2,1-5H3. The summed E-state index contributed by atoms with van der Waals surface area (Å²) in [5, 5.41) is 2.19. The number of piperidine rings is 2. The van der Waals surface area contributed by atoms with Crippen LogP contribution in [-0.4, -0.2) is 88.5 Å². The molecular formula is C33H49N3O5S2. The van der Waals surface area contributed by atoms with E-state index in [9.17, 15) is 13.2 Å². The number of nitrogens with zero attached hydrogens (tertiary/aromatic N) is 3. The summed E-state index contributed by atoms with van der Waals surface area (Å²) in [6.45, 7) is 5.87. The quantitative estimate of drug-likeness (QED) is 0.360. The van der Waals surface area contributed by atoms with E-state index in [1.165, 1.54) is 17.7 Å². The molecule has 43 heavy (non-hydrogen) atoms. The molecular weight excluding hydrogens is 583 g/mol. The molecule has 1 aromatic carbocycles. The third kappa shape index (κ3) is 6.54. The molecule has 3 heterocycles. The molecule has 1 aromatic heterocycles. The molecule has 5 rings (SSSR count). The van der Waals surface area contributed by atoms with Crippen LogP contribution < -0.4 is 4.74 Å². The Morgan fingerprint density at radius 3 is 2.28 bits per heavy atom. The van der Waals surface area contributed by atoms with Gasteiger partial charge in [-0.15, -0.1) is 11.3 Å². The highest BCUT2D eigenvalue weighted by atomic mass is 32.2. The van der Waals surface area contributed by atoms with Crippen LogP contribution in [0.5, 0.6) is 5.75 Å². The maximum absolute atomic E-state index is 13.8. The van der Waals surface area contributed by atoms with Crippen molar-refractivity contribution in [2.75, 3.05) is 54.1 Å². The number of benzene rings is 1. The van der Waals surface area contributed by atoms with Crippen LogP contribution in [0.25, 0.3) is 0 Å². The van der Waals surface area contributed by atoms with Crippen LogP contribution in [-0.2, 0) is 25.1 Å². The van der Waals surface area contributed by atoms with Crippen molar-refractivity contribution in [2.45, 2.75) is 88.1 Å². The molecule has 3 fully saturated rings. The summed E-state index contributed by atoms with van der Waals surface area (Å²) in [5.41, 5.74) is 1.81. The van der Waals surface area contributed by atoms with E-state index in [-0.39, 0.29) is 30.7 Å². The van der Waals surface area contributed by atoms with Crippen LogP contribution in [0.2, 0.25) is 0 Å². The normalized spacial score (nSPS) is 22.7. The van der Waals surface area contributed by atoms with Crippen molar-refractivity contribution in [3.05, 3.63) is 45.6 Å². The van der Waals surface area contributed by atoms with Crippen LogP contribution in [0.4, 0.5) is 0 Å². The van der Waals surface area contributed by atoms with Gasteiger partial charge in [0.25, 0.3) is 0 Å². The SMILES string of the molecule is COc1cc(C)c(S(=O)(=O)N2CCCCC2COCC(=O)N2CCC3(CC2)CCC(c2cccs2)(N(C)C)CC3)c(C)c1. The van der Waals surface area contributed by atoms with E-state index in [0.717, 1.165) is 58.0 Å². The third-order valence-electron chi connectivity index (χ3n) is 10.5. The second-order valence-corrected chi connectivity index (χ2v) is 15.9. The molecule has 2 saturated heterocycles. The van der Waals surface area contributed by atoms with E-state index in [0.29, 0.717) is 33.7 Å². The van der Waals surface area contributed by atoms with Gasteiger partial charge in [-0.05, 0) is 119 Å². The van der Waals surface area contributed by atoms with Crippen molar-refractivity contribution in [1.82, 2.24) is 14.1 Å². The smallest absolute Gasteiger partial charge is 0.248 e. The number of hydrogen-bond acceptors (Lipinski definition) is 7. The molecule has 1 spiro atoms. The van der Waals surface area contributed by atoms with Crippen LogP contribution in [0.15, 0.2) is 34.5 Å². The zero-order valence-corrected chi connectivity index (χ0v) is 28.2. The fourth-order valence-corrected chi connectivity index (χ4v) is 10.9. The van der Waals surface area contributed by atoms with Gasteiger partial charge in [-0.25, -0.2) is 8.42 Å². The van der Waals surface area contributed by atoms with Crippen molar-refractivity contribution < 1.29 is 22.7 Å². The number of sulfonamides is 1. The van der Waals surface area contributed by atoms with Gasteiger partial charge < -0.3 is 14.4 Å². The molecule has 1 amide bonds. The van der Waals surface area contributed by atoms with Crippen molar-refractivity contribution in [3.8, 4) is 5.75 Å². The van der Waals surface area contributed by atoms with E-state index >= 15 is 0 Å². The zero-order chi connectivity index (χ0) is 30.8. The second-order valence-electron chi connectivity index (χ2n) is 13.2. The maximum Gasteiger partial charge on any atom is 0.248 e. The predicted molar refractivity (Wildman–Crippen MR) is 171 cm³/mol. The van der Waals surface area contributed by atoms with E-state index in [1.807, 2.05) is 30.1 Å². The zero-order valence-electron chi connectivity index (χ0n) is 26.6. The Balaban J connectivity index is 1.14. The molecule has 0 radical (unpaired) electrons. The molecule has 238 valence electrons. The van der Waals surface area contributed by atoms with Crippen molar-refractivity contribution in [3.63, 3.8) is 0 Å². The Bertz CT molecular complexity index is 1330. The molecule has 2 aliphatic heterocycles. The summed E-state index contributed by atoms with van der Waals surface area (Å²) >= 11 is 1.87. The Labute approximate surface area is 262 Å². The first-order chi connectivity index (χ1) is 20.5. The fourth-order valence-electron chi connectivity index (χ4n) is 7.76. The monoisotopic (exact) mass is 631 g/mol. The number of thiophene rings is 1. The minimum Gasteiger partial charge on any atom is -0.497 e. The first-order valence-electron chi connectivity index (χ1n) is 15.8. The summed E-state index contributed by atoms with van der Waals surface area (Å²) in [7, 11) is 2.29. The lowest BCUT2D eigenvalue weighted by Gasteiger charge is -2.52. The summed E-state index contributed by atoms with van der Waals surface area (Å²) in [6, 6.07) is 7.71. The van der Waals surface area contributed by atoms with Crippen molar-refractivity contribution in [1.29, 1.82) is 0 Å². The van der Waals surface area contributed by atoms with Gasteiger partial charge in [-0.3, -0.25) is 9.69 Å². The fraction of sp³-hybridized carbons (Fsp3) is 0.667. The highest BCUT2D eigenvalue weighted by molar-refractivity contribution is 7.89. The van der Waals surface area contributed by atoms with Crippen LogP contribution in [0.3, 0.4) is 0 Å². The highest BCUT2D eigenvalue weighted by Crippen LogP contribution is 2.53. The molecule has 0 N–H and O–H groups in total. The first-order valence-corrected chi connectivity index (χ1v) is 18.1. The number of carbonyl (C=O) groups is 1. The lowest BCUT2D eigenvalue weighted by molar-refractivity contribution is -0.139. The number of hydrogen-bond donors (Lipinski definition) is 0. The Hall–Kier alpha value is -1.98. The van der Waals surface area contributed by atoms with Crippen molar-refractivity contribution >= 4 is 27.3 Å².